The van der Waals surface area contributed by atoms with E-state index in [9.17, 15) is 14.4 Å². The van der Waals surface area contributed by atoms with Crippen LogP contribution < -0.4 is 15.1 Å². The average Bonchev–Trinajstić information content (AvgIpc) is 3.17. The van der Waals surface area contributed by atoms with Gasteiger partial charge in [0.15, 0.2) is 6.10 Å². The van der Waals surface area contributed by atoms with Crippen molar-refractivity contribution < 1.29 is 24.0 Å². The lowest BCUT2D eigenvalue weighted by molar-refractivity contribution is -0.132. The summed E-state index contributed by atoms with van der Waals surface area (Å²) in [5.74, 6) is -1.10. The number of halogens is 1. The molecular formula is C19H13ClN2O5. The van der Waals surface area contributed by atoms with Crippen LogP contribution in [0.5, 0.6) is 5.75 Å². The smallest absolute Gasteiger partial charge is 0.308 e. The van der Waals surface area contributed by atoms with Crippen LogP contribution in [0.15, 0.2) is 54.1 Å². The molecule has 0 spiro atoms. The summed E-state index contributed by atoms with van der Waals surface area (Å²) >= 11 is 5.90. The normalized spacial score (nSPS) is 18.6. The van der Waals surface area contributed by atoms with Gasteiger partial charge in [-0.15, -0.1) is 0 Å². The van der Waals surface area contributed by atoms with Crippen molar-refractivity contribution in [2.75, 3.05) is 4.90 Å². The van der Waals surface area contributed by atoms with Gasteiger partial charge in [0, 0.05) is 17.5 Å². The molecule has 1 saturated heterocycles. The Bertz CT molecular complexity index is 982. The number of carbonyl (C=O) groups is 3. The minimum atomic E-state index is -1.02. The van der Waals surface area contributed by atoms with Gasteiger partial charge < -0.3 is 4.74 Å². The average molecular weight is 385 g/mol. The molecule has 1 fully saturated rings. The van der Waals surface area contributed by atoms with Crippen molar-refractivity contribution in [1.29, 1.82) is 0 Å². The summed E-state index contributed by atoms with van der Waals surface area (Å²) < 4.78 is 4.96. The van der Waals surface area contributed by atoms with Crippen LogP contribution in [0.1, 0.15) is 12.5 Å². The van der Waals surface area contributed by atoms with E-state index in [1.165, 1.54) is 31.2 Å². The van der Waals surface area contributed by atoms with E-state index in [4.69, 9.17) is 21.2 Å². The van der Waals surface area contributed by atoms with E-state index in [0.29, 0.717) is 27.7 Å². The maximum absolute atomic E-state index is 12.9. The highest BCUT2D eigenvalue weighted by atomic mass is 35.5. The van der Waals surface area contributed by atoms with E-state index in [1.54, 1.807) is 24.3 Å². The first-order chi connectivity index (χ1) is 13.0. The Kier molecular flexibility index (Phi) is 4.18. The molecule has 2 aliphatic rings. The SMILES string of the molecule is CC(=O)Oc1ccc(N2C(=O)C3=C(c4ccc(Cl)cc4)NO[C@H]3C2=O)cc1. The van der Waals surface area contributed by atoms with E-state index in [-0.39, 0.29) is 5.57 Å². The van der Waals surface area contributed by atoms with Crippen molar-refractivity contribution in [1.82, 2.24) is 5.48 Å². The van der Waals surface area contributed by atoms with Gasteiger partial charge in [0.05, 0.1) is 17.0 Å². The third kappa shape index (κ3) is 2.97. The predicted octanol–water partition coefficient (Wildman–Crippen LogP) is 2.45. The number of fused-ring (bicyclic) bond motifs is 1. The number of anilines is 1. The zero-order valence-corrected chi connectivity index (χ0v) is 14.8. The van der Waals surface area contributed by atoms with Crippen LogP contribution >= 0.6 is 11.6 Å². The molecule has 27 heavy (non-hydrogen) atoms. The number of hydroxylamine groups is 1. The van der Waals surface area contributed by atoms with Crippen molar-refractivity contribution >= 4 is 40.8 Å². The maximum Gasteiger partial charge on any atom is 0.308 e. The molecule has 2 amide bonds. The molecule has 2 aromatic carbocycles. The number of hydrogen-bond acceptors (Lipinski definition) is 6. The van der Waals surface area contributed by atoms with Gasteiger partial charge in [0.1, 0.15) is 5.75 Å². The molecule has 136 valence electrons. The summed E-state index contributed by atoms with van der Waals surface area (Å²) in [4.78, 5) is 43.0. The Morgan fingerprint density at radius 1 is 1.11 bits per heavy atom. The largest absolute Gasteiger partial charge is 0.427 e. The van der Waals surface area contributed by atoms with Crippen molar-refractivity contribution in [2.45, 2.75) is 13.0 Å². The highest BCUT2D eigenvalue weighted by molar-refractivity contribution is 6.33. The van der Waals surface area contributed by atoms with Crippen LogP contribution in [-0.2, 0) is 19.2 Å². The number of ether oxygens (including phenoxy) is 1. The molecule has 0 radical (unpaired) electrons. The molecule has 2 aliphatic heterocycles. The Morgan fingerprint density at radius 3 is 2.41 bits per heavy atom. The van der Waals surface area contributed by atoms with E-state index in [2.05, 4.69) is 5.48 Å². The molecule has 2 heterocycles. The number of imide groups is 1. The number of nitrogens with zero attached hydrogens (tertiary/aromatic N) is 1. The molecule has 0 bridgehead atoms. The third-order valence-electron chi connectivity index (χ3n) is 4.18. The second kappa shape index (κ2) is 6.53. The highest BCUT2D eigenvalue weighted by Crippen LogP contribution is 2.36. The summed E-state index contributed by atoms with van der Waals surface area (Å²) in [5.41, 5.74) is 4.40. The molecule has 0 saturated carbocycles. The quantitative estimate of drug-likeness (QED) is 0.497. The van der Waals surface area contributed by atoms with Gasteiger partial charge in [0.2, 0.25) is 0 Å². The third-order valence-corrected chi connectivity index (χ3v) is 4.43. The zero-order chi connectivity index (χ0) is 19.1. The lowest BCUT2D eigenvalue weighted by Crippen LogP contribution is -2.34. The molecule has 0 aromatic heterocycles. The molecule has 4 rings (SSSR count). The number of rotatable bonds is 3. The summed E-state index contributed by atoms with van der Waals surface area (Å²) in [7, 11) is 0. The molecule has 8 heteroatoms. The molecule has 2 aromatic rings. The monoisotopic (exact) mass is 384 g/mol. The molecule has 1 atom stereocenters. The number of carbonyl (C=O) groups excluding carboxylic acids is 3. The minimum absolute atomic E-state index is 0.242. The van der Waals surface area contributed by atoms with Crippen molar-refractivity contribution in [2.24, 2.45) is 0 Å². The van der Waals surface area contributed by atoms with Gasteiger partial charge in [-0.2, -0.15) is 0 Å². The van der Waals surface area contributed by atoms with Crippen molar-refractivity contribution in [3.63, 3.8) is 0 Å². The lowest BCUT2D eigenvalue weighted by atomic mass is 10.1. The zero-order valence-electron chi connectivity index (χ0n) is 14.1. The van der Waals surface area contributed by atoms with E-state index in [1.807, 2.05) is 0 Å². The topological polar surface area (TPSA) is 84.9 Å². The number of amides is 2. The Morgan fingerprint density at radius 2 is 1.78 bits per heavy atom. The van der Waals surface area contributed by atoms with Gasteiger partial charge in [-0.25, -0.2) is 4.90 Å². The van der Waals surface area contributed by atoms with Crippen molar-refractivity contribution in [3.8, 4) is 5.75 Å². The first-order valence-electron chi connectivity index (χ1n) is 8.04. The molecule has 0 aliphatic carbocycles. The summed E-state index contributed by atoms with van der Waals surface area (Å²) in [6.07, 6.45) is -1.02. The number of nitrogens with one attached hydrogen (secondary N) is 1. The van der Waals surface area contributed by atoms with Crippen LogP contribution in [0.25, 0.3) is 5.70 Å². The Balaban J connectivity index is 1.68. The van der Waals surface area contributed by atoms with Gasteiger partial charge in [-0.1, -0.05) is 23.7 Å². The van der Waals surface area contributed by atoms with Gasteiger partial charge >= 0.3 is 5.97 Å². The standard InChI is InChI=1S/C19H13ClN2O5/c1-10(23)26-14-8-6-13(7-9-14)22-18(24)15-16(21-27-17(15)19(22)25)11-2-4-12(20)5-3-11/h2-9,17,21H,1H3/t17-/m1/s1. The van der Waals surface area contributed by atoms with Gasteiger partial charge in [-0.05, 0) is 36.4 Å². The second-order valence-corrected chi connectivity index (χ2v) is 6.40. The van der Waals surface area contributed by atoms with E-state index < -0.39 is 23.9 Å². The van der Waals surface area contributed by atoms with Crippen molar-refractivity contribution in [3.05, 3.63) is 64.7 Å². The van der Waals surface area contributed by atoms with Crippen LogP contribution in [0.4, 0.5) is 5.69 Å². The van der Waals surface area contributed by atoms with Crippen LogP contribution in [-0.4, -0.2) is 23.9 Å². The Labute approximate surface area is 159 Å². The van der Waals surface area contributed by atoms with Crippen LogP contribution in [0, 0.1) is 0 Å². The number of hydrogen-bond donors (Lipinski definition) is 1. The van der Waals surface area contributed by atoms with E-state index in [0.717, 1.165) is 4.90 Å². The molecular weight excluding hydrogens is 372 g/mol. The van der Waals surface area contributed by atoms with Gasteiger partial charge in [-0.3, -0.25) is 24.7 Å². The minimum Gasteiger partial charge on any atom is -0.427 e. The second-order valence-electron chi connectivity index (χ2n) is 5.96. The van der Waals surface area contributed by atoms with Crippen LogP contribution in [0.2, 0.25) is 5.02 Å². The Hall–Kier alpha value is -3.16. The number of benzene rings is 2. The first kappa shape index (κ1) is 17.3. The highest BCUT2D eigenvalue weighted by Gasteiger charge is 2.50. The summed E-state index contributed by atoms with van der Waals surface area (Å²) in [6, 6.07) is 12.9. The predicted molar refractivity (Wildman–Crippen MR) is 96.6 cm³/mol. The maximum atomic E-state index is 12.9. The fourth-order valence-electron chi connectivity index (χ4n) is 3.00. The van der Waals surface area contributed by atoms with Gasteiger partial charge in [0.25, 0.3) is 11.8 Å². The molecule has 1 N–H and O–H groups in total. The lowest BCUT2D eigenvalue weighted by Gasteiger charge is -2.16. The fourth-order valence-corrected chi connectivity index (χ4v) is 3.12. The van der Waals surface area contributed by atoms with E-state index >= 15 is 0 Å². The molecule has 7 nitrogen and oxygen atoms in total. The molecule has 0 unspecified atom stereocenters. The fraction of sp³-hybridized carbons (Fsp3) is 0.105. The summed E-state index contributed by atoms with van der Waals surface area (Å²) in [5, 5.41) is 0.558. The summed E-state index contributed by atoms with van der Waals surface area (Å²) in [6.45, 7) is 1.29. The number of esters is 1. The van der Waals surface area contributed by atoms with Crippen LogP contribution in [0.3, 0.4) is 0 Å². The first-order valence-corrected chi connectivity index (χ1v) is 8.42.